The van der Waals surface area contributed by atoms with Crippen molar-refractivity contribution in [1.29, 1.82) is 5.26 Å². The summed E-state index contributed by atoms with van der Waals surface area (Å²) in [7, 11) is 2.11. The molecule has 264 valence electrons. The number of nitriles is 1. The Kier molecular flexibility index (Phi) is 7.44. The normalized spacial score (nSPS) is 23.0. The fourth-order valence-electron chi connectivity index (χ4n) is 9.14. The van der Waals surface area contributed by atoms with Crippen LogP contribution in [-0.4, -0.2) is 78.4 Å². The molecule has 12 heteroatoms. The zero-order chi connectivity index (χ0) is 35.1. The molecule has 3 aromatic heterocycles. The van der Waals surface area contributed by atoms with Gasteiger partial charge in [0.2, 0.25) is 5.88 Å². The summed E-state index contributed by atoms with van der Waals surface area (Å²) in [5, 5.41) is 35.6. The number of rotatable bonds is 9. The number of nitrogens with one attached hydrogen (secondary N) is 1. The molecule has 11 nitrogen and oxygen atoms in total. The molecule has 3 aliphatic heterocycles. The highest BCUT2D eigenvalue weighted by Crippen LogP contribution is 2.50. The van der Waals surface area contributed by atoms with Gasteiger partial charge in [0.1, 0.15) is 23.6 Å². The molecule has 5 fully saturated rings. The van der Waals surface area contributed by atoms with Crippen molar-refractivity contribution < 1.29 is 14.2 Å². The summed E-state index contributed by atoms with van der Waals surface area (Å²) in [5.74, 6) is 0.903. The third kappa shape index (κ3) is 4.89. The number of nitrogens with zero attached hydrogens (tertiary/aromatic N) is 8. The van der Waals surface area contributed by atoms with Crippen LogP contribution in [-0.2, 0) is 6.42 Å². The molecular formula is C40H40FN9O2. The van der Waals surface area contributed by atoms with E-state index in [1.54, 1.807) is 12.1 Å². The molecule has 0 spiro atoms. The number of pyridine rings is 1. The van der Waals surface area contributed by atoms with Crippen LogP contribution < -0.4 is 10.1 Å². The van der Waals surface area contributed by atoms with Crippen molar-refractivity contribution in [3.05, 3.63) is 60.0 Å². The predicted molar refractivity (Wildman–Crippen MR) is 196 cm³/mol. The van der Waals surface area contributed by atoms with Gasteiger partial charge in [0.25, 0.3) is 0 Å². The van der Waals surface area contributed by atoms with Gasteiger partial charge in [-0.3, -0.25) is 0 Å². The lowest BCUT2D eigenvalue weighted by Crippen LogP contribution is -2.39. The summed E-state index contributed by atoms with van der Waals surface area (Å²) >= 11 is 0. The largest absolute Gasteiger partial charge is 0.508 e. The van der Waals surface area contributed by atoms with Crippen molar-refractivity contribution >= 4 is 32.7 Å². The first-order chi connectivity index (χ1) is 25.5. The Labute approximate surface area is 300 Å². The van der Waals surface area contributed by atoms with Crippen LogP contribution in [0.2, 0.25) is 0 Å². The molecule has 2 aliphatic carbocycles. The molecule has 11 rings (SSSR count). The van der Waals surface area contributed by atoms with Crippen molar-refractivity contribution in [3.8, 4) is 40.3 Å². The van der Waals surface area contributed by atoms with Gasteiger partial charge in [-0.05, 0) is 105 Å². The molecule has 5 aliphatic rings. The Balaban J connectivity index is 1.26. The summed E-state index contributed by atoms with van der Waals surface area (Å²) in [6.45, 7) is 2.31. The number of phenolic OH excluding ortho intramolecular Hbond substituents is 1. The highest BCUT2D eigenvalue weighted by atomic mass is 19.1. The van der Waals surface area contributed by atoms with Crippen LogP contribution in [0.25, 0.3) is 55.4 Å². The molecule has 4 atom stereocenters. The maximum absolute atomic E-state index is 17.7. The molecule has 2 N–H and O–H groups in total. The van der Waals surface area contributed by atoms with Gasteiger partial charge >= 0.3 is 0 Å². The number of hydrogen-bond acceptors (Lipinski definition) is 9. The number of fused-ring (bicyclic) bond motifs is 5. The molecule has 3 saturated heterocycles. The first-order valence-electron chi connectivity index (χ1n) is 18.6. The Morgan fingerprint density at radius 1 is 1.08 bits per heavy atom. The van der Waals surface area contributed by atoms with E-state index in [1.807, 2.05) is 41.2 Å². The Hall–Kier alpha value is -5.12. The van der Waals surface area contributed by atoms with Crippen LogP contribution in [0.3, 0.4) is 0 Å². The third-order valence-corrected chi connectivity index (χ3v) is 12.2. The van der Waals surface area contributed by atoms with Crippen molar-refractivity contribution in [3.63, 3.8) is 0 Å². The molecule has 4 unspecified atom stereocenters. The molecule has 0 amide bonds. The van der Waals surface area contributed by atoms with E-state index in [0.717, 1.165) is 61.5 Å². The van der Waals surface area contributed by atoms with Crippen molar-refractivity contribution in [2.45, 2.75) is 75.5 Å². The lowest BCUT2D eigenvalue weighted by Gasteiger charge is -2.37. The molecule has 6 heterocycles. The fraction of sp³-hybridized carbons (Fsp3) is 0.425. The van der Waals surface area contributed by atoms with Crippen LogP contribution in [0.1, 0.15) is 62.6 Å². The number of benzene rings is 3. The van der Waals surface area contributed by atoms with Gasteiger partial charge in [-0.1, -0.05) is 29.5 Å². The summed E-state index contributed by atoms with van der Waals surface area (Å²) in [5.41, 5.74) is 3.76. The van der Waals surface area contributed by atoms with Crippen LogP contribution in [0.4, 0.5) is 4.39 Å². The van der Waals surface area contributed by atoms with Gasteiger partial charge in [0.05, 0.1) is 29.9 Å². The molecule has 2 bridgehead atoms. The lowest BCUT2D eigenvalue weighted by atomic mass is 9.79. The quantitative estimate of drug-likeness (QED) is 0.170. The average Bonchev–Trinajstić information content (AvgIpc) is 3.96. The minimum absolute atomic E-state index is 0.0400. The molecule has 0 radical (unpaired) electrons. The van der Waals surface area contributed by atoms with E-state index in [4.69, 9.17) is 14.7 Å². The van der Waals surface area contributed by atoms with E-state index < -0.39 is 5.82 Å². The standard InChI is InChI=1S/C40H40FN9O2/c1-48-14-6-11-26(48)21-52-40-36-38(50(37-24-17-31(37)43-19-24)39(44-36)32-20-49(47-46-32)25-9-4-10-25)30-16-23(8-5-13-42)33(34(41)35(30)45-40)29-18-27(51)15-22-7-2-3-12-28(22)29/h2-3,7,12,15-16,18,20,24-26,31,37,43,51H,4-6,8-11,14,17,19,21H2,1H3. The average molecular weight is 698 g/mol. The maximum atomic E-state index is 17.7. The lowest BCUT2D eigenvalue weighted by molar-refractivity contribution is 0.195. The second-order valence-electron chi connectivity index (χ2n) is 15.2. The molecule has 2 saturated carbocycles. The summed E-state index contributed by atoms with van der Waals surface area (Å²) in [6, 6.07) is 16.1. The topological polar surface area (TPSA) is 130 Å². The summed E-state index contributed by atoms with van der Waals surface area (Å²) in [6.07, 6.45) is 9.05. The van der Waals surface area contributed by atoms with Crippen molar-refractivity contribution in [1.82, 2.24) is 39.7 Å². The number of imidazole rings is 1. The van der Waals surface area contributed by atoms with Gasteiger partial charge in [-0.25, -0.2) is 19.0 Å². The number of halogens is 1. The molecule has 3 aromatic carbocycles. The van der Waals surface area contributed by atoms with Crippen LogP contribution >= 0.6 is 0 Å². The fourth-order valence-corrected chi connectivity index (χ4v) is 9.14. The molecule has 52 heavy (non-hydrogen) atoms. The highest BCUT2D eigenvalue weighted by Gasteiger charge is 2.49. The van der Waals surface area contributed by atoms with Gasteiger partial charge in [0, 0.05) is 36.0 Å². The smallest absolute Gasteiger partial charge is 0.243 e. The van der Waals surface area contributed by atoms with E-state index >= 15 is 4.39 Å². The number of likely N-dealkylation sites (N-methyl/N-ethyl adjacent to an activating group) is 1. The number of phenols is 1. The number of hydrogen-bond donors (Lipinski definition) is 2. The number of likely N-dealkylation sites (tertiary alicyclic amines) is 1. The SMILES string of the molecule is CN1CCCC1COc1nc2c(F)c(-c3cc(O)cc4ccccc34)c(CCC#N)cc2c2c1nc(-c1cn(C3CCC3)nn1)n2C1C2CNC1C2. The summed E-state index contributed by atoms with van der Waals surface area (Å²) < 4.78 is 28.5. The van der Waals surface area contributed by atoms with E-state index in [9.17, 15) is 10.4 Å². The maximum Gasteiger partial charge on any atom is 0.243 e. The zero-order valence-electron chi connectivity index (χ0n) is 29.1. The molecule has 6 aromatic rings. The summed E-state index contributed by atoms with van der Waals surface area (Å²) in [4.78, 5) is 12.6. The number of ether oxygens (including phenoxy) is 1. The minimum atomic E-state index is -0.508. The van der Waals surface area contributed by atoms with E-state index in [0.29, 0.717) is 70.0 Å². The minimum Gasteiger partial charge on any atom is -0.508 e. The van der Waals surface area contributed by atoms with Crippen LogP contribution in [0, 0.1) is 23.1 Å². The highest BCUT2D eigenvalue weighted by molar-refractivity contribution is 6.09. The van der Waals surface area contributed by atoms with Gasteiger partial charge in [-0.15, -0.1) is 5.10 Å². The number of aryl methyl sites for hydroxylation is 1. The van der Waals surface area contributed by atoms with Crippen LogP contribution in [0.15, 0.2) is 48.7 Å². The third-order valence-electron chi connectivity index (χ3n) is 12.2. The number of aromatic nitrogens is 6. The van der Waals surface area contributed by atoms with Crippen molar-refractivity contribution in [2.75, 3.05) is 26.7 Å². The van der Waals surface area contributed by atoms with E-state index in [-0.39, 0.29) is 35.8 Å². The first-order valence-corrected chi connectivity index (χ1v) is 18.6. The second-order valence-corrected chi connectivity index (χ2v) is 15.2. The first kappa shape index (κ1) is 31.6. The Morgan fingerprint density at radius 2 is 1.96 bits per heavy atom. The van der Waals surface area contributed by atoms with Gasteiger partial charge in [-0.2, -0.15) is 5.26 Å². The monoisotopic (exact) mass is 697 g/mol. The van der Waals surface area contributed by atoms with Crippen molar-refractivity contribution in [2.24, 2.45) is 5.92 Å². The Bertz CT molecular complexity index is 2410. The van der Waals surface area contributed by atoms with E-state index in [1.165, 1.54) is 6.42 Å². The number of aromatic hydroxyl groups is 1. The Morgan fingerprint density at radius 3 is 2.71 bits per heavy atom. The molecular weight excluding hydrogens is 657 g/mol. The van der Waals surface area contributed by atoms with Gasteiger partial charge < -0.3 is 24.6 Å². The van der Waals surface area contributed by atoms with Gasteiger partial charge in [0.15, 0.2) is 17.2 Å². The zero-order valence-corrected chi connectivity index (χ0v) is 29.1. The van der Waals surface area contributed by atoms with E-state index in [2.05, 4.69) is 38.2 Å². The van der Waals surface area contributed by atoms with Crippen LogP contribution in [0.5, 0.6) is 11.6 Å². The second kappa shape index (κ2) is 12.2. The predicted octanol–water partition coefficient (Wildman–Crippen LogP) is 6.69.